The number of ether oxygens (including phenoxy) is 1. The smallest absolute Gasteiger partial charge is 0.411 e. The Morgan fingerprint density at radius 1 is 1.21 bits per heavy atom. The molecule has 0 unspecified atom stereocenters. The zero-order chi connectivity index (χ0) is 14.4. The molecule has 5 heteroatoms. The largest absolute Gasteiger partial charge is 0.439 e. The minimum atomic E-state index is -0.935. The molecule has 1 heterocycles. The van der Waals surface area contributed by atoms with Gasteiger partial charge >= 0.3 is 6.09 Å². The maximum atomic E-state index is 13.3. The summed E-state index contributed by atoms with van der Waals surface area (Å²) in [5, 5.41) is 0. The molecule has 0 N–H and O–H groups in total. The summed E-state index contributed by atoms with van der Waals surface area (Å²) in [6.07, 6.45) is -1.02. The van der Waals surface area contributed by atoms with Crippen molar-refractivity contribution in [2.24, 2.45) is 0 Å². The van der Waals surface area contributed by atoms with Crippen LogP contribution in [0.3, 0.4) is 0 Å². The lowest BCUT2D eigenvalue weighted by molar-refractivity contribution is 0.119. The fourth-order valence-electron chi connectivity index (χ4n) is 2.49. The molecule has 0 radical (unpaired) electrons. The van der Waals surface area contributed by atoms with E-state index >= 15 is 0 Å². The second kappa shape index (κ2) is 4.47. The van der Waals surface area contributed by atoms with E-state index < -0.39 is 23.8 Å². The van der Waals surface area contributed by atoms with Gasteiger partial charge in [0.2, 0.25) is 0 Å². The summed E-state index contributed by atoms with van der Waals surface area (Å²) >= 11 is 0. The molecule has 3 nitrogen and oxygen atoms in total. The first-order chi connectivity index (χ1) is 8.71. The van der Waals surface area contributed by atoms with Gasteiger partial charge in [-0.1, -0.05) is 6.07 Å². The van der Waals surface area contributed by atoms with Gasteiger partial charge in [-0.15, -0.1) is 0 Å². The van der Waals surface area contributed by atoms with E-state index in [1.165, 1.54) is 6.07 Å². The van der Waals surface area contributed by atoms with Crippen LogP contribution < -0.4 is 0 Å². The number of rotatable bonds is 1. The highest BCUT2D eigenvalue weighted by molar-refractivity contribution is 5.72. The van der Waals surface area contributed by atoms with E-state index in [-0.39, 0.29) is 11.6 Å². The number of halogens is 2. The zero-order valence-electron chi connectivity index (χ0n) is 11.4. The van der Waals surface area contributed by atoms with Crippen molar-refractivity contribution in [3.8, 4) is 0 Å². The third-order valence-electron chi connectivity index (χ3n) is 3.26. The summed E-state index contributed by atoms with van der Waals surface area (Å²) in [5.41, 5.74) is 0.0793. The summed E-state index contributed by atoms with van der Waals surface area (Å²) in [6.45, 7) is 7.54. The molecule has 0 aromatic heterocycles. The van der Waals surface area contributed by atoms with Crippen molar-refractivity contribution >= 4 is 6.09 Å². The quantitative estimate of drug-likeness (QED) is 0.779. The fraction of sp³-hybridized carbons (Fsp3) is 0.500. The first-order valence-corrected chi connectivity index (χ1v) is 6.16. The van der Waals surface area contributed by atoms with E-state index in [0.717, 1.165) is 12.1 Å². The molecule has 1 aliphatic heterocycles. The molecule has 2 rings (SSSR count). The highest BCUT2D eigenvalue weighted by Gasteiger charge is 2.44. The van der Waals surface area contributed by atoms with E-state index in [1.807, 2.05) is 27.7 Å². The number of amides is 1. The van der Waals surface area contributed by atoms with Crippen LogP contribution in [0.4, 0.5) is 13.6 Å². The normalized spacial score (nSPS) is 23.7. The van der Waals surface area contributed by atoms with Crippen molar-refractivity contribution in [2.75, 3.05) is 0 Å². The highest BCUT2D eigenvalue weighted by atomic mass is 19.2. The minimum Gasteiger partial charge on any atom is -0.439 e. The molecular formula is C14H17F2NO2. The molecular weight excluding hydrogens is 252 g/mol. The van der Waals surface area contributed by atoms with Gasteiger partial charge in [0.05, 0.1) is 6.04 Å². The van der Waals surface area contributed by atoms with Crippen LogP contribution in [0.25, 0.3) is 0 Å². The topological polar surface area (TPSA) is 29.5 Å². The number of carbonyl (C=O) groups is 1. The van der Waals surface area contributed by atoms with Gasteiger partial charge < -0.3 is 4.74 Å². The molecule has 1 aromatic carbocycles. The molecule has 1 aromatic rings. The van der Waals surface area contributed by atoms with Crippen LogP contribution >= 0.6 is 0 Å². The molecule has 1 aliphatic rings. The van der Waals surface area contributed by atoms with Crippen LogP contribution in [0.2, 0.25) is 0 Å². The van der Waals surface area contributed by atoms with Crippen LogP contribution in [0, 0.1) is 11.6 Å². The van der Waals surface area contributed by atoms with Gasteiger partial charge in [-0.25, -0.2) is 13.6 Å². The Hall–Kier alpha value is -1.65. The molecule has 104 valence electrons. The summed E-state index contributed by atoms with van der Waals surface area (Å²) in [6, 6.07) is 3.33. The molecule has 1 fully saturated rings. The summed E-state index contributed by atoms with van der Waals surface area (Å²) in [4.78, 5) is 13.5. The number of nitrogens with zero attached hydrogens (tertiary/aromatic N) is 1. The van der Waals surface area contributed by atoms with Crippen LogP contribution in [0.5, 0.6) is 0 Å². The van der Waals surface area contributed by atoms with E-state index in [0.29, 0.717) is 5.56 Å². The average molecular weight is 269 g/mol. The predicted octanol–water partition coefficient (Wildman–Crippen LogP) is 3.65. The van der Waals surface area contributed by atoms with Crippen LogP contribution in [-0.4, -0.2) is 22.6 Å². The van der Waals surface area contributed by atoms with Crippen LogP contribution in [0.15, 0.2) is 18.2 Å². The van der Waals surface area contributed by atoms with Crippen LogP contribution in [0.1, 0.15) is 39.4 Å². The zero-order valence-corrected chi connectivity index (χ0v) is 11.4. The van der Waals surface area contributed by atoms with E-state index in [1.54, 1.807) is 4.90 Å². The first-order valence-electron chi connectivity index (χ1n) is 6.16. The lowest BCUT2D eigenvalue weighted by Crippen LogP contribution is -2.46. The molecule has 0 spiro atoms. The lowest BCUT2D eigenvalue weighted by Gasteiger charge is -2.33. The van der Waals surface area contributed by atoms with Crippen molar-refractivity contribution in [3.05, 3.63) is 35.4 Å². The number of carbonyl (C=O) groups excluding carboxylic acids is 1. The van der Waals surface area contributed by atoms with Crippen molar-refractivity contribution in [3.63, 3.8) is 0 Å². The molecule has 0 aliphatic carbocycles. The van der Waals surface area contributed by atoms with Gasteiger partial charge in [-0.3, -0.25) is 4.90 Å². The summed E-state index contributed by atoms with van der Waals surface area (Å²) < 4.78 is 31.5. The Morgan fingerprint density at radius 2 is 1.84 bits per heavy atom. The van der Waals surface area contributed by atoms with Gasteiger partial charge in [-0.05, 0) is 45.4 Å². The molecule has 1 amide bonds. The number of cyclic esters (lactones) is 1. The van der Waals surface area contributed by atoms with Crippen molar-refractivity contribution in [1.29, 1.82) is 0 Å². The second-order valence-electron chi connectivity index (χ2n) is 5.76. The highest BCUT2D eigenvalue weighted by Crippen LogP contribution is 2.36. The van der Waals surface area contributed by atoms with Gasteiger partial charge in [0.1, 0.15) is 6.10 Å². The third kappa shape index (κ3) is 2.41. The van der Waals surface area contributed by atoms with Crippen molar-refractivity contribution in [1.82, 2.24) is 4.90 Å². The summed E-state index contributed by atoms with van der Waals surface area (Å²) in [5.74, 6) is -1.84. The standard InChI is InChI=1S/C14H17F2NO2/c1-8-12(9-5-6-10(15)11(16)7-9)19-13(18)17(8)14(2,3)4/h5-8,12H,1-4H3/t8-,12-/m0/s1. The Balaban J connectivity index is 2.33. The molecule has 0 bridgehead atoms. The van der Waals surface area contributed by atoms with Gasteiger partial charge in [-0.2, -0.15) is 0 Å². The second-order valence-corrected chi connectivity index (χ2v) is 5.76. The number of benzene rings is 1. The fourth-order valence-corrected chi connectivity index (χ4v) is 2.49. The monoisotopic (exact) mass is 269 g/mol. The van der Waals surface area contributed by atoms with Crippen molar-refractivity contribution in [2.45, 2.75) is 45.4 Å². The van der Waals surface area contributed by atoms with Crippen LogP contribution in [-0.2, 0) is 4.74 Å². The molecule has 19 heavy (non-hydrogen) atoms. The maximum absolute atomic E-state index is 13.3. The van der Waals surface area contributed by atoms with E-state index in [9.17, 15) is 13.6 Å². The minimum absolute atomic E-state index is 0.239. The SMILES string of the molecule is C[C@H]1[C@@H](c2ccc(F)c(F)c2)OC(=O)N1C(C)(C)C. The van der Waals surface area contributed by atoms with Gasteiger partial charge in [0, 0.05) is 5.54 Å². The first kappa shape index (κ1) is 13.8. The van der Waals surface area contributed by atoms with E-state index in [4.69, 9.17) is 4.74 Å². The van der Waals surface area contributed by atoms with Gasteiger partial charge in [0.25, 0.3) is 0 Å². The van der Waals surface area contributed by atoms with E-state index in [2.05, 4.69) is 0 Å². The van der Waals surface area contributed by atoms with Gasteiger partial charge in [0.15, 0.2) is 11.6 Å². The Bertz CT molecular complexity index is 511. The molecule has 0 saturated carbocycles. The average Bonchev–Trinajstić information content (AvgIpc) is 2.57. The number of hydrogen-bond acceptors (Lipinski definition) is 2. The Labute approximate surface area is 111 Å². The molecule has 2 atom stereocenters. The third-order valence-corrected chi connectivity index (χ3v) is 3.26. The molecule has 1 saturated heterocycles. The lowest BCUT2D eigenvalue weighted by atomic mass is 9.99. The Morgan fingerprint density at radius 3 is 2.32 bits per heavy atom. The number of hydrogen-bond donors (Lipinski definition) is 0. The Kier molecular flexibility index (Phi) is 3.24. The predicted molar refractivity (Wildman–Crippen MR) is 66.6 cm³/mol. The maximum Gasteiger partial charge on any atom is 0.411 e. The summed E-state index contributed by atoms with van der Waals surface area (Å²) in [7, 11) is 0. The van der Waals surface area contributed by atoms with Crippen molar-refractivity contribution < 1.29 is 18.3 Å².